The van der Waals surface area contributed by atoms with E-state index in [0.29, 0.717) is 25.5 Å². The van der Waals surface area contributed by atoms with Crippen molar-refractivity contribution in [3.63, 3.8) is 0 Å². The Kier molecular flexibility index (Phi) is 3.31. The van der Waals surface area contributed by atoms with E-state index in [-0.39, 0.29) is 11.8 Å². The second-order valence-corrected chi connectivity index (χ2v) is 4.99. The molecule has 0 aliphatic carbocycles. The maximum Gasteiger partial charge on any atom is 0.289 e. The largest absolute Gasteiger partial charge is 0.459 e. The molecular formula is C14H17N3O3. The minimum absolute atomic E-state index is 0.0920. The van der Waals surface area contributed by atoms with Crippen molar-refractivity contribution < 1.29 is 13.9 Å². The first kappa shape index (κ1) is 12.9. The monoisotopic (exact) mass is 275 g/mol. The number of amides is 1. The number of carbonyl (C=O) groups excluding carboxylic acids is 1. The molecule has 0 radical (unpaired) electrons. The molecule has 1 aliphatic rings. The summed E-state index contributed by atoms with van der Waals surface area (Å²) in [5.74, 6) is 0.411. The van der Waals surface area contributed by atoms with Gasteiger partial charge in [0.25, 0.3) is 5.91 Å². The lowest BCUT2D eigenvalue weighted by Gasteiger charge is -2.32. The predicted octanol–water partition coefficient (Wildman–Crippen LogP) is 1.40. The van der Waals surface area contributed by atoms with Gasteiger partial charge in [-0.3, -0.25) is 9.48 Å². The van der Waals surface area contributed by atoms with E-state index < -0.39 is 0 Å². The molecule has 20 heavy (non-hydrogen) atoms. The van der Waals surface area contributed by atoms with Gasteiger partial charge in [-0.25, -0.2) is 0 Å². The highest BCUT2D eigenvalue weighted by atomic mass is 16.5. The van der Waals surface area contributed by atoms with Crippen LogP contribution < -0.4 is 0 Å². The Balaban J connectivity index is 1.88. The van der Waals surface area contributed by atoms with E-state index in [4.69, 9.17) is 9.15 Å². The van der Waals surface area contributed by atoms with Crippen LogP contribution in [0.15, 0.2) is 29.0 Å². The van der Waals surface area contributed by atoms with E-state index in [1.165, 1.54) is 6.26 Å². The molecule has 6 nitrogen and oxygen atoms in total. The molecule has 0 saturated heterocycles. The molecule has 0 bridgehead atoms. The summed E-state index contributed by atoms with van der Waals surface area (Å²) in [5, 5.41) is 4.29. The van der Waals surface area contributed by atoms with Gasteiger partial charge in [-0.05, 0) is 12.1 Å². The highest BCUT2D eigenvalue weighted by molar-refractivity contribution is 5.91. The maximum absolute atomic E-state index is 12.4. The zero-order valence-corrected chi connectivity index (χ0v) is 11.6. The molecule has 0 spiro atoms. The number of fused-ring (bicyclic) bond motifs is 1. The lowest BCUT2D eigenvalue weighted by atomic mass is 9.96. The summed E-state index contributed by atoms with van der Waals surface area (Å²) in [7, 11) is 3.59. The molecule has 2 aromatic rings. The zero-order valence-electron chi connectivity index (χ0n) is 11.6. The highest BCUT2D eigenvalue weighted by Gasteiger charge is 2.32. The summed E-state index contributed by atoms with van der Waals surface area (Å²) < 4.78 is 12.3. The number of hydrogen-bond acceptors (Lipinski definition) is 4. The fourth-order valence-corrected chi connectivity index (χ4v) is 2.81. The second kappa shape index (κ2) is 5.13. The number of carbonyl (C=O) groups is 1. The van der Waals surface area contributed by atoms with Crippen molar-refractivity contribution in [1.29, 1.82) is 0 Å². The van der Waals surface area contributed by atoms with Gasteiger partial charge in [0, 0.05) is 38.7 Å². The maximum atomic E-state index is 12.4. The molecule has 3 heterocycles. The Hall–Kier alpha value is -2.08. The van der Waals surface area contributed by atoms with Crippen molar-refractivity contribution in [1.82, 2.24) is 14.7 Å². The molecule has 0 fully saturated rings. The molecule has 0 aromatic carbocycles. The Bertz CT molecular complexity index is 603. The van der Waals surface area contributed by atoms with Gasteiger partial charge in [0.05, 0.1) is 24.8 Å². The van der Waals surface area contributed by atoms with Crippen LogP contribution in [0.3, 0.4) is 0 Å². The number of methoxy groups -OCH3 is 1. The van der Waals surface area contributed by atoms with E-state index in [1.807, 2.05) is 17.9 Å². The quantitative estimate of drug-likeness (QED) is 0.849. The van der Waals surface area contributed by atoms with Crippen LogP contribution >= 0.6 is 0 Å². The van der Waals surface area contributed by atoms with E-state index in [2.05, 4.69) is 5.10 Å². The minimum Gasteiger partial charge on any atom is -0.459 e. The third-order valence-corrected chi connectivity index (χ3v) is 3.64. The first-order valence-corrected chi connectivity index (χ1v) is 6.53. The SMILES string of the molecule is COC[C@H]1CN(C(=O)c2ccco2)Cc2cnn(C)c21. The van der Waals surface area contributed by atoms with E-state index in [1.54, 1.807) is 24.1 Å². The number of aromatic nitrogens is 2. The van der Waals surface area contributed by atoms with E-state index in [0.717, 1.165) is 11.3 Å². The average Bonchev–Trinajstić information content (AvgIpc) is 3.08. The number of ether oxygens (including phenoxy) is 1. The summed E-state index contributed by atoms with van der Waals surface area (Å²) in [5.41, 5.74) is 2.22. The zero-order chi connectivity index (χ0) is 14.1. The van der Waals surface area contributed by atoms with Crippen LogP contribution in [0.2, 0.25) is 0 Å². The summed E-state index contributed by atoms with van der Waals surface area (Å²) in [6, 6.07) is 3.41. The van der Waals surface area contributed by atoms with Gasteiger partial charge < -0.3 is 14.1 Å². The third-order valence-electron chi connectivity index (χ3n) is 3.64. The van der Waals surface area contributed by atoms with Crippen LogP contribution in [-0.2, 0) is 18.3 Å². The van der Waals surface area contributed by atoms with E-state index >= 15 is 0 Å². The average molecular weight is 275 g/mol. The lowest BCUT2D eigenvalue weighted by molar-refractivity contribution is 0.0645. The van der Waals surface area contributed by atoms with Crippen molar-refractivity contribution in [3.8, 4) is 0 Å². The molecule has 106 valence electrons. The number of aryl methyl sites for hydroxylation is 1. The topological polar surface area (TPSA) is 60.5 Å². The Morgan fingerprint density at radius 1 is 1.60 bits per heavy atom. The van der Waals surface area contributed by atoms with Crippen molar-refractivity contribution in [3.05, 3.63) is 41.6 Å². The van der Waals surface area contributed by atoms with Crippen LogP contribution in [0.25, 0.3) is 0 Å². The first-order chi connectivity index (χ1) is 9.70. The van der Waals surface area contributed by atoms with Gasteiger partial charge in [0.15, 0.2) is 5.76 Å². The van der Waals surface area contributed by atoms with E-state index in [9.17, 15) is 4.79 Å². The van der Waals surface area contributed by atoms with Crippen LogP contribution in [0.1, 0.15) is 27.7 Å². The molecule has 1 atom stereocenters. The van der Waals surface area contributed by atoms with Gasteiger partial charge in [0.1, 0.15) is 0 Å². The van der Waals surface area contributed by atoms with Gasteiger partial charge in [-0.1, -0.05) is 0 Å². The standard InChI is InChI=1S/C14H17N3O3/c1-16-13-10(6-15-16)7-17(8-11(13)9-19-2)14(18)12-4-3-5-20-12/h3-6,11H,7-9H2,1-2H3/t11-/m1/s1. The predicted molar refractivity (Wildman–Crippen MR) is 71.3 cm³/mol. The number of hydrogen-bond donors (Lipinski definition) is 0. The number of rotatable bonds is 3. The van der Waals surface area contributed by atoms with Crippen LogP contribution in [0.5, 0.6) is 0 Å². The highest BCUT2D eigenvalue weighted by Crippen LogP contribution is 2.29. The molecule has 3 rings (SSSR count). The van der Waals surface area contributed by atoms with Gasteiger partial charge in [-0.2, -0.15) is 5.10 Å². The van der Waals surface area contributed by atoms with Crippen LogP contribution in [0, 0.1) is 0 Å². The number of furan rings is 1. The molecular weight excluding hydrogens is 258 g/mol. The van der Waals surface area contributed by atoms with Crippen LogP contribution in [-0.4, -0.2) is 40.8 Å². The van der Waals surface area contributed by atoms with Crippen molar-refractivity contribution >= 4 is 5.91 Å². The Morgan fingerprint density at radius 2 is 2.45 bits per heavy atom. The van der Waals surface area contributed by atoms with Crippen molar-refractivity contribution in [2.45, 2.75) is 12.5 Å². The molecule has 0 unspecified atom stereocenters. The summed E-state index contributed by atoms with van der Waals surface area (Å²) in [6.07, 6.45) is 3.33. The van der Waals surface area contributed by atoms with Gasteiger partial charge in [0.2, 0.25) is 0 Å². The van der Waals surface area contributed by atoms with Gasteiger partial charge in [-0.15, -0.1) is 0 Å². The van der Waals surface area contributed by atoms with Crippen LogP contribution in [0.4, 0.5) is 0 Å². The molecule has 0 N–H and O–H groups in total. The Morgan fingerprint density at radius 3 is 3.15 bits per heavy atom. The summed E-state index contributed by atoms with van der Waals surface area (Å²) >= 11 is 0. The summed E-state index contributed by atoms with van der Waals surface area (Å²) in [4.78, 5) is 14.2. The summed E-state index contributed by atoms with van der Waals surface area (Å²) in [6.45, 7) is 1.73. The fourth-order valence-electron chi connectivity index (χ4n) is 2.81. The molecule has 6 heteroatoms. The molecule has 2 aromatic heterocycles. The molecule has 1 amide bonds. The van der Waals surface area contributed by atoms with Crippen molar-refractivity contribution in [2.24, 2.45) is 7.05 Å². The smallest absolute Gasteiger partial charge is 0.289 e. The van der Waals surface area contributed by atoms with Crippen molar-refractivity contribution in [2.75, 3.05) is 20.3 Å². The second-order valence-electron chi connectivity index (χ2n) is 4.99. The lowest BCUT2D eigenvalue weighted by Crippen LogP contribution is -2.39. The molecule has 1 aliphatic heterocycles. The van der Waals surface area contributed by atoms with Gasteiger partial charge >= 0.3 is 0 Å². The normalized spacial score (nSPS) is 18.1. The third kappa shape index (κ3) is 2.12. The first-order valence-electron chi connectivity index (χ1n) is 6.53. The minimum atomic E-state index is -0.0920. The fraction of sp³-hybridized carbons (Fsp3) is 0.429. The number of nitrogens with zero attached hydrogens (tertiary/aromatic N) is 3. The molecule has 0 saturated carbocycles. The Labute approximate surface area is 116 Å².